The van der Waals surface area contributed by atoms with Crippen molar-refractivity contribution < 1.29 is 19.1 Å². The van der Waals surface area contributed by atoms with E-state index in [1.807, 2.05) is 38.1 Å². The Morgan fingerprint density at radius 3 is 2.60 bits per heavy atom. The maximum atomic E-state index is 12.0. The zero-order valence-corrected chi connectivity index (χ0v) is 14.4. The van der Waals surface area contributed by atoms with Gasteiger partial charge in [0, 0.05) is 12.0 Å². The summed E-state index contributed by atoms with van der Waals surface area (Å²) in [4.78, 5) is 23.7. The normalized spacial score (nSPS) is 10.0. The summed E-state index contributed by atoms with van der Waals surface area (Å²) in [5, 5.41) is 0. The molecule has 0 atom stereocenters. The molecule has 0 unspecified atom stereocenters. The Hall–Kier alpha value is -3.02. The third kappa shape index (κ3) is 5.84. The first-order valence-electron chi connectivity index (χ1n) is 8.10. The van der Waals surface area contributed by atoms with Gasteiger partial charge in [-0.3, -0.25) is 10.2 Å². The fraction of sp³-hybridized carbons (Fsp3) is 0.263. The molecule has 0 aliphatic carbocycles. The summed E-state index contributed by atoms with van der Waals surface area (Å²) in [6.45, 7) is 4.61. The predicted octanol–water partition coefficient (Wildman–Crippen LogP) is 3.01. The molecule has 2 rings (SSSR count). The van der Waals surface area contributed by atoms with Gasteiger partial charge in [-0.2, -0.15) is 0 Å². The van der Waals surface area contributed by atoms with Crippen LogP contribution in [0.25, 0.3) is 0 Å². The largest absolute Gasteiger partial charge is 0.494 e. The van der Waals surface area contributed by atoms with Crippen molar-refractivity contribution in [1.82, 2.24) is 10.9 Å². The number of hydrogen-bond acceptors (Lipinski definition) is 4. The van der Waals surface area contributed by atoms with Gasteiger partial charge >= 0.3 is 6.09 Å². The molecule has 2 aromatic carbocycles. The van der Waals surface area contributed by atoms with Gasteiger partial charge in [0.25, 0.3) is 5.91 Å². The molecule has 25 heavy (non-hydrogen) atoms. The van der Waals surface area contributed by atoms with Crippen LogP contribution >= 0.6 is 0 Å². The molecule has 0 aromatic heterocycles. The summed E-state index contributed by atoms with van der Waals surface area (Å²) in [5.41, 5.74) is 7.19. The second-order valence-electron chi connectivity index (χ2n) is 5.35. The zero-order valence-electron chi connectivity index (χ0n) is 14.4. The highest BCUT2D eigenvalue weighted by molar-refractivity contribution is 5.95. The van der Waals surface area contributed by atoms with E-state index in [9.17, 15) is 9.59 Å². The maximum absolute atomic E-state index is 12.0. The van der Waals surface area contributed by atoms with E-state index in [4.69, 9.17) is 9.47 Å². The van der Waals surface area contributed by atoms with E-state index in [0.717, 1.165) is 11.1 Å². The number of hydrazine groups is 1. The first-order chi connectivity index (χ1) is 12.1. The third-order valence-corrected chi connectivity index (χ3v) is 3.55. The number of carbonyl (C=O) groups is 2. The second kappa shape index (κ2) is 9.32. The zero-order chi connectivity index (χ0) is 18.1. The number of carbonyl (C=O) groups excluding carboxylic acids is 2. The lowest BCUT2D eigenvalue weighted by Crippen LogP contribution is -2.42. The van der Waals surface area contributed by atoms with E-state index < -0.39 is 12.0 Å². The van der Waals surface area contributed by atoms with Crippen molar-refractivity contribution >= 4 is 12.0 Å². The molecule has 0 aliphatic heterocycles. The van der Waals surface area contributed by atoms with E-state index in [0.29, 0.717) is 24.3 Å². The first-order valence-corrected chi connectivity index (χ1v) is 8.10. The number of ether oxygens (including phenoxy) is 2. The molecule has 0 spiro atoms. The second-order valence-corrected chi connectivity index (χ2v) is 5.35. The Bertz CT molecular complexity index is 731. The van der Waals surface area contributed by atoms with E-state index in [2.05, 4.69) is 10.9 Å². The van der Waals surface area contributed by atoms with Crippen LogP contribution in [0.1, 0.15) is 28.4 Å². The quantitative estimate of drug-likeness (QED) is 0.791. The highest BCUT2D eigenvalue weighted by Crippen LogP contribution is 2.13. The molecule has 0 saturated heterocycles. The molecular weight excluding hydrogens is 320 g/mol. The van der Waals surface area contributed by atoms with Crippen LogP contribution in [0.15, 0.2) is 48.5 Å². The summed E-state index contributed by atoms with van der Waals surface area (Å²) in [7, 11) is 0. The topological polar surface area (TPSA) is 76.7 Å². The minimum Gasteiger partial charge on any atom is -0.494 e. The molecule has 2 aromatic rings. The van der Waals surface area contributed by atoms with Gasteiger partial charge in [-0.25, -0.2) is 10.2 Å². The Kier molecular flexibility index (Phi) is 6.83. The summed E-state index contributed by atoms with van der Waals surface area (Å²) in [6, 6.07) is 14.6. The van der Waals surface area contributed by atoms with Crippen LogP contribution in [-0.4, -0.2) is 25.2 Å². The van der Waals surface area contributed by atoms with Gasteiger partial charge in [-0.15, -0.1) is 0 Å². The molecule has 2 amide bonds. The lowest BCUT2D eigenvalue weighted by Gasteiger charge is -2.10. The number of rotatable bonds is 6. The molecular formula is C19H22N2O4. The summed E-state index contributed by atoms with van der Waals surface area (Å²) < 4.78 is 10.4. The summed E-state index contributed by atoms with van der Waals surface area (Å²) >= 11 is 0. The van der Waals surface area contributed by atoms with Crippen molar-refractivity contribution in [3.63, 3.8) is 0 Å². The van der Waals surface area contributed by atoms with Crippen LogP contribution in [0.4, 0.5) is 4.79 Å². The van der Waals surface area contributed by atoms with Crippen LogP contribution in [0.3, 0.4) is 0 Å². The fourth-order valence-corrected chi connectivity index (χ4v) is 2.25. The molecule has 0 heterocycles. The Labute approximate surface area is 147 Å². The highest BCUT2D eigenvalue weighted by atomic mass is 16.6. The molecule has 6 nitrogen and oxygen atoms in total. The smallest absolute Gasteiger partial charge is 0.426 e. The Balaban J connectivity index is 1.75. The van der Waals surface area contributed by atoms with Crippen LogP contribution in [0.2, 0.25) is 0 Å². The van der Waals surface area contributed by atoms with Crippen LogP contribution < -0.4 is 15.6 Å². The third-order valence-electron chi connectivity index (χ3n) is 3.55. The van der Waals surface area contributed by atoms with Gasteiger partial charge in [-0.1, -0.05) is 30.3 Å². The van der Waals surface area contributed by atoms with Gasteiger partial charge in [0.05, 0.1) is 13.2 Å². The number of benzene rings is 2. The fourth-order valence-electron chi connectivity index (χ4n) is 2.25. The Morgan fingerprint density at radius 1 is 1.04 bits per heavy atom. The van der Waals surface area contributed by atoms with Gasteiger partial charge < -0.3 is 9.47 Å². The number of amides is 2. The van der Waals surface area contributed by atoms with Crippen molar-refractivity contribution in [3.8, 4) is 5.75 Å². The molecule has 0 aliphatic rings. The molecule has 0 saturated carbocycles. The van der Waals surface area contributed by atoms with Crippen molar-refractivity contribution in [2.75, 3.05) is 13.2 Å². The summed E-state index contributed by atoms with van der Waals surface area (Å²) in [5.74, 6) is 0.147. The minimum atomic E-state index is -0.706. The molecule has 0 bridgehead atoms. The first kappa shape index (κ1) is 18.3. The van der Waals surface area contributed by atoms with Crippen molar-refractivity contribution in [3.05, 3.63) is 65.2 Å². The molecule has 2 N–H and O–H groups in total. The SMILES string of the molecule is CCOc1cccc(C(=O)NNC(=O)OCCc2ccccc2C)c1. The minimum absolute atomic E-state index is 0.229. The lowest BCUT2D eigenvalue weighted by atomic mass is 10.1. The van der Waals surface area contributed by atoms with Crippen LogP contribution in [-0.2, 0) is 11.2 Å². The van der Waals surface area contributed by atoms with E-state index in [1.165, 1.54) is 0 Å². The molecule has 132 valence electrons. The number of nitrogens with one attached hydrogen (secondary N) is 2. The average Bonchev–Trinajstić information content (AvgIpc) is 2.62. The standard InChI is InChI=1S/C19H22N2O4/c1-3-24-17-10-6-9-16(13-17)18(22)20-21-19(23)25-12-11-15-8-5-4-7-14(15)2/h4-10,13H,3,11-12H2,1-2H3,(H,20,22)(H,21,23). The van der Waals surface area contributed by atoms with E-state index in [1.54, 1.807) is 24.3 Å². The highest BCUT2D eigenvalue weighted by Gasteiger charge is 2.09. The van der Waals surface area contributed by atoms with Crippen molar-refractivity contribution in [1.29, 1.82) is 0 Å². The predicted molar refractivity (Wildman–Crippen MR) is 94.4 cm³/mol. The molecule has 0 fully saturated rings. The van der Waals surface area contributed by atoms with E-state index in [-0.39, 0.29) is 6.61 Å². The van der Waals surface area contributed by atoms with Crippen molar-refractivity contribution in [2.45, 2.75) is 20.3 Å². The van der Waals surface area contributed by atoms with Gasteiger partial charge in [0.2, 0.25) is 0 Å². The van der Waals surface area contributed by atoms with Gasteiger partial charge in [0.15, 0.2) is 0 Å². The van der Waals surface area contributed by atoms with Crippen LogP contribution in [0, 0.1) is 6.92 Å². The van der Waals surface area contributed by atoms with Crippen LogP contribution in [0.5, 0.6) is 5.75 Å². The summed E-state index contributed by atoms with van der Waals surface area (Å²) in [6.07, 6.45) is -0.0901. The lowest BCUT2D eigenvalue weighted by molar-refractivity contribution is 0.0910. The molecule has 0 radical (unpaired) electrons. The van der Waals surface area contributed by atoms with Gasteiger partial charge in [-0.05, 0) is 43.2 Å². The number of hydrogen-bond donors (Lipinski definition) is 2. The molecule has 6 heteroatoms. The maximum Gasteiger partial charge on any atom is 0.426 e. The van der Waals surface area contributed by atoms with Gasteiger partial charge in [0.1, 0.15) is 5.75 Å². The average molecular weight is 342 g/mol. The monoisotopic (exact) mass is 342 g/mol. The van der Waals surface area contributed by atoms with Crippen molar-refractivity contribution in [2.24, 2.45) is 0 Å². The van der Waals surface area contributed by atoms with E-state index >= 15 is 0 Å². The number of aryl methyl sites for hydroxylation is 1. The Morgan fingerprint density at radius 2 is 1.84 bits per heavy atom.